The smallest absolute Gasteiger partial charge is 0.315 e. The molecule has 0 aromatic heterocycles. The third-order valence-electron chi connectivity index (χ3n) is 3.44. The summed E-state index contributed by atoms with van der Waals surface area (Å²) in [7, 11) is 0. The van der Waals surface area contributed by atoms with Crippen molar-refractivity contribution >= 4 is 6.03 Å². The van der Waals surface area contributed by atoms with Crippen molar-refractivity contribution < 1.29 is 18.7 Å². The highest BCUT2D eigenvalue weighted by Gasteiger charge is 2.22. The Morgan fingerprint density at radius 1 is 1.29 bits per heavy atom. The van der Waals surface area contributed by atoms with E-state index in [-0.39, 0.29) is 18.0 Å². The van der Waals surface area contributed by atoms with Crippen molar-refractivity contribution in [3.8, 4) is 0 Å². The molecule has 0 heterocycles. The van der Waals surface area contributed by atoms with Crippen molar-refractivity contribution in [1.82, 2.24) is 10.6 Å². The second-order valence-electron chi connectivity index (χ2n) is 6.09. The summed E-state index contributed by atoms with van der Waals surface area (Å²) in [5.74, 6) is -1.68. The van der Waals surface area contributed by atoms with Crippen LogP contribution < -0.4 is 10.6 Å². The normalized spacial score (nSPS) is 14.4. The number of aliphatic hydroxyl groups is 1. The van der Waals surface area contributed by atoms with Gasteiger partial charge in [-0.15, -0.1) is 0 Å². The molecule has 1 rings (SSSR count). The summed E-state index contributed by atoms with van der Waals surface area (Å²) in [6, 6.07) is 2.74. The lowest BCUT2D eigenvalue weighted by atomic mass is 9.88. The third-order valence-corrected chi connectivity index (χ3v) is 3.44. The maximum atomic E-state index is 13.5. The first-order valence-electron chi connectivity index (χ1n) is 6.79. The zero-order valence-electron chi connectivity index (χ0n) is 12.7. The van der Waals surface area contributed by atoms with E-state index in [2.05, 4.69) is 10.6 Å². The summed E-state index contributed by atoms with van der Waals surface area (Å²) < 4.78 is 26.9. The third kappa shape index (κ3) is 4.97. The van der Waals surface area contributed by atoms with Crippen LogP contribution >= 0.6 is 0 Å². The Labute approximate surface area is 123 Å². The molecule has 0 aliphatic carbocycles. The number of amides is 2. The van der Waals surface area contributed by atoms with Gasteiger partial charge in [0.1, 0.15) is 17.7 Å². The van der Waals surface area contributed by atoms with Crippen LogP contribution in [0.2, 0.25) is 0 Å². The van der Waals surface area contributed by atoms with Gasteiger partial charge in [-0.2, -0.15) is 0 Å². The van der Waals surface area contributed by atoms with Crippen LogP contribution in [0.15, 0.2) is 18.2 Å². The second kappa shape index (κ2) is 6.85. The zero-order valence-corrected chi connectivity index (χ0v) is 12.7. The summed E-state index contributed by atoms with van der Waals surface area (Å²) >= 11 is 0. The van der Waals surface area contributed by atoms with Crippen LogP contribution in [-0.4, -0.2) is 23.7 Å². The van der Waals surface area contributed by atoms with E-state index in [1.807, 2.05) is 27.7 Å². The molecule has 0 spiro atoms. The molecule has 21 heavy (non-hydrogen) atoms. The van der Waals surface area contributed by atoms with Crippen molar-refractivity contribution in [3.63, 3.8) is 0 Å². The highest BCUT2D eigenvalue weighted by molar-refractivity contribution is 5.74. The number of hydrogen-bond acceptors (Lipinski definition) is 2. The van der Waals surface area contributed by atoms with Crippen LogP contribution in [0.5, 0.6) is 0 Å². The van der Waals surface area contributed by atoms with Crippen molar-refractivity contribution in [1.29, 1.82) is 0 Å². The van der Waals surface area contributed by atoms with Crippen molar-refractivity contribution in [3.05, 3.63) is 35.4 Å². The van der Waals surface area contributed by atoms with E-state index < -0.39 is 29.3 Å². The van der Waals surface area contributed by atoms with Gasteiger partial charge in [-0.3, -0.25) is 0 Å². The van der Waals surface area contributed by atoms with E-state index in [0.29, 0.717) is 0 Å². The molecule has 0 aliphatic heterocycles. The van der Waals surface area contributed by atoms with E-state index in [4.69, 9.17) is 0 Å². The summed E-state index contributed by atoms with van der Waals surface area (Å²) in [5, 5.41) is 14.9. The van der Waals surface area contributed by atoms with Crippen molar-refractivity contribution in [2.75, 3.05) is 6.54 Å². The minimum absolute atomic E-state index is 0.0974. The Kier molecular flexibility index (Phi) is 5.66. The molecule has 0 aliphatic rings. The van der Waals surface area contributed by atoms with E-state index in [1.54, 1.807) is 0 Å². The molecule has 0 fully saturated rings. The number of nitrogens with one attached hydrogen (secondary N) is 2. The van der Waals surface area contributed by atoms with E-state index in [0.717, 1.165) is 12.1 Å². The highest BCUT2D eigenvalue weighted by atomic mass is 19.1. The summed E-state index contributed by atoms with van der Waals surface area (Å²) in [6.07, 6.45) is -1.44. The largest absolute Gasteiger partial charge is 0.386 e. The predicted octanol–water partition coefficient (Wildman–Crippen LogP) is 2.73. The van der Waals surface area contributed by atoms with Crippen molar-refractivity contribution in [2.45, 2.75) is 39.8 Å². The number of carbonyl (C=O) groups excluding carboxylic acids is 1. The lowest BCUT2D eigenvalue weighted by Gasteiger charge is -2.28. The Balaban J connectivity index is 2.57. The SMILES string of the molecule is CC(NC(=O)NCC(O)c1c(F)cccc1F)C(C)(C)C. The van der Waals surface area contributed by atoms with Crippen LogP contribution in [0.4, 0.5) is 13.6 Å². The first kappa shape index (κ1) is 17.4. The molecule has 1 aromatic rings. The number of halogens is 2. The topological polar surface area (TPSA) is 61.4 Å². The molecule has 2 unspecified atom stereocenters. The van der Waals surface area contributed by atoms with Crippen LogP contribution in [-0.2, 0) is 0 Å². The number of benzene rings is 1. The highest BCUT2D eigenvalue weighted by Crippen LogP contribution is 2.20. The molecule has 0 radical (unpaired) electrons. The molecule has 3 N–H and O–H groups in total. The molecule has 118 valence electrons. The zero-order chi connectivity index (χ0) is 16.2. The minimum atomic E-state index is -1.44. The second-order valence-corrected chi connectivity index (χ2v) is 6.09. The summed E-state index contributed by atoms with van der Waals surface area (Å²) in [6.45, 7) is 7.50. The van der Waals surface area contributed by atoms with Crippen LogP contribution in [0, 0.1) is 17.0 Å². The molecular weight excluding hydrogens is 278 g/mol. The van der Waals surface area contributed by atoms with Crippen LogP contribution in [0.3, 0.4) is 0 Å². The van der Waals surface area contributed by atoms with Gasteiger partial charge in [0, 0.05) is 12.6 Å². The fourth-order valence-corrected chi connectivity index (χ4v) is 1.58. The molecule has 6 heteroatoms. The van der Waals surface area contributed by atoms with Gasteiger partial charge >= 0.3 is 6.03 Å². The molecule has 0 saturated heterocycles. The van der Waals surface area contributed by atoms with Gasteiger partial charge in [0.05, 0.1) is 5.56 Å². The maximum absolute atomic E-state index is 13.5. The van der Waals surface area contributed by atoms with Gasteiger partial charge in [0.25, 0.3) is 0 Å². The molecular formula is C15H22F2N2O2. The molecule has 2 amide bonds. The fraction of sp³-hybridized carbons (Fsp3) is 0.533. The lowest BCUT2D eigenvalue weighted by molar-refractivity contribution is 0.162. The van der Waals surface area contributed by atoms with Gasteiger partial charge < -0.3 is 15.7 Å². The number of urea groups is 1. The first-order chi connectivity index (χ1) is 9.62. The molecule has 1 aromatic carbocycles. The Morgan fingerprint density at radius 3 is 2.29 bits per heavy atom. The van der Waals surface area contributed by atoms with Gasteiger partial charge in [0.2, 0.25) is 0 Å². The average Bonchev–Trinajstić information content (AvgIpc) is 2.35. The number of aliphatic hydroxyl groups excluding tert-OH is 1. The predicted molar refractivity (Wildman–Crippen MR) is 76.8 cm³/mol. The molecule has 4 nitrogen and oxygen atoms in total. The summed E-state index contributed by atoms with van der Waals surface area (Å²) in [4.78, 5) is 11.7. The van der Waals surface area contributed by atoms with Gasteiger partial charge in [0.15, 0.2) is 0 Å². The Hall–Kier alpha value is -1.69. The van der Waals surface area contributed by atoms with E-state index >= 15 is 0 Å². The Bertz CT molecular complexity index is 481. The average molecular weight is 300 g/mol. The van der Waals surface area contributed by atoms with Gasteiger partial charge in [-0.1, -0.05) is 26.8 Å². The van der Waals surface area contributed by atoms with Crippen LogP contribution in [0.1, 0.15) is 39.4 Å². The van der Waals surface area contributed by atoms with Gasteiger partial charge in [-0.25, -0.2) is 13.6 Å². The number of rotatable bonds is 4. The minimum Gasteiger partial charge on any atom is -0.386 e. The number of carbonyl (C=O) groups is 1. The lowest BCUT2D eigenvalue weighted by Crippen LogP contribution is -2.47. The first-order valence-corrected chi connectivity index (χ1v) is 6.79. The van der Waals surface area contributed by atoms with Gasteiger partial charge in [-0.05, 0) is 24.5 Å². The maximum Gasteiger partial charge on any atom is 0.315 e. The Morgan fingerprint density at radius 2 is 1.81 bits per heavy atom. The summed E-state index contributed by atoms with van der Waals surface area (Å²) in [5.41, 5.74) is -0.560. The van der Waals surface area contributed by atoms with Crippen LogP contribution in [0.25, 0.3) is 0 Å². The monoisotopic (exact) mass is 300 g/mol. The van der Waals surface area contributed by atoms with Crippen molar-refractivity contribution in [2.24, 2.45) is 5.41 Å². The molecule has 2 atom stereocenters. The van der Waals surface area contributed by atoms with E-state index in [1.165, 1.54) is 6.07 Å². The number of hydrogen-bond donors (Lipinski definition) is 3. The molecule has 0 saturated carbocycles. The molecule has 0 bridgehead atoms. The van der Waals surface area contributed by atoms with E-state index in [9.17, 15) is 18.7 Å². The standard InChI is InChI=1S/C15H22F2N2O2/c1-9(15(2,3)4)19-14(21)18-8-12(20)13-10(16)6-5-7-11(13)17/h5-7,9,12,20H,8H2,1-4H3,(H2,18,19,21). The fourth-order valence-electron chi connectivity index (χ4n) is 1.58. The quantitative estimate of drug-likeness (QED) is 0.800.